The van der Waals surface area contributed by atoms with Gasteiger partial charge in [0.2, 0.25) is 5.91 Å². The molecule has 0 unspecified atom stereocenters. The quantitative estimate of drug-likeness (QED) is 0.740. The summed E-state index contributed by atoms with van der Waals surface area (Å²) in [5.74, 6) is 0.335. The first kappa shape index (κ1) is 11.5. The van der Waals surface area contributed by atoms with Crippen molar-refractivity contribution in [3.05, 3.63) is 0 Å². The third-order valence-corrected chi connectivity index (χ3v) is 2.87. The Bertz CT molecular complexity index is 176. The SMILES string of the molecule is CCCC(=O)N(CC)C1CCNCC1. The van der Waals surface area contributed by atoms with Crippen LogP contribution in [0.5, 0.6) is 0 Å². The molecule has 0 spiro atoms. The highest BCUT2D eigenvalue weighted by Gasteiger charge is 2.22. The van der Waals surface area contributed by atoms with Crippen LogP contribution in [-0.4, -0.2) is 36.5 Å². The smallest absolute Gasteiger partial charge is 0.222 e. The first-order valence-electron chi connectivity index (χ1n) is 5.79. The van der Waals surface area contributed by atoms with Gasteiger partial charge >= 0.3 is 0 Å². The Morgan fingerprint density at radius 1 is 1.36 bits per heavy atom. The van der Waals surface area contributed by atoms with Crippen LogP contribution in [0.3, 0.4) is 0 Å². The van der Waals surface area contributed by atoms with Gasteiger partial charge in [-0.25, -0.2) is 0 Å². The Labute approximate surface area is 86.9 Å². The number of piperidine rings is 1. The molecular formula is C11H22N2O. The predicted octanol–water partition coefficient (Wildman–Crippen LogP) is 1.39. The second kappa shape index (κ2) is 6.02. The van der Waals surface area contributed by atoms with Crippen LogP contribution in [0.4, 0.5) is 0 Å². The van der Waals surface area contributed by atoms with Gasteiger partial charge in [-0.3, -0.25) is 4.79 Å². The molecule has 1 saturated heterocycles. The van der Waals surface area contributed by atoms with E-state index in [9.17, 15) is 4.79 Å². The van der Waals surface area contributed by atoms with E-state index < -0.39 is 0 Å². The van der Waals surface area contributed by atoms with Crippen molar-refractivity contribution in [2.45, 2.75) is 45.6 Å². The number of carbonyl (C=O) groups excluding carboxylic acids is 1. The third-order valence-electron chi connectivity index (χ3n) is 2.87. The summed E-state index contributed by atoms with van der Waals surface area (Å²) < 4.78 is 0. The summed E-state index contributed by atoms with van der Waals surface area (Å²) in [5.41, 5.74) is 0. The molecule has 3 heteroatoms. The average molecular weight is 198 g/mol. The van der Waals surface area contributed by atoms with Crippen LogP contribution in [0.2, 0.25) is 0 Å². The largest absolute Gasteiger partial charge is 0.340 e. The van der Waals surface area contributed by atoms with E-state index in [0.717, 1.165) is 38.9 Å². The van der Waals surface area contributed by atoms with Crippen LogP contribution in [0, 0.1) is 0 Å². The second-order valence-corrected chi connectivity index (χ2v) is 3.91. The van der Waals surface area contributed by atoms with Crippen molar-refractivity contribution in [2.75, 3.05) is 19.6 Å². The van der Waals surface area contributed by atoms with Gasteiger partial charge in [0, 0.05) is 19.0 Å². The fraction of sp³-hybridized carbons (Fsp3) is 0.909. The zero-order chi connectivity index (χ0) is 10.4. The summed E-state index contributed by atoms with van der Waals surface area (Å²) in [7, 11) is 0. The van der Waals surface area contributed by atoms with Crippen molar-refractivity contribution in [1.82, 2.24) is 10.2 Å². The molecule has 1 aliphatic rings. The first-order chi connectivity index (χ1) is 6.79. The normalized spacial score (nSPS) is 18.1. The van der Waals surface area contributed by atoms with Gasteiger partial charge in [0.15, 0.2) is 0 Å². The zero-order valence-corrected chi connectivity index (χ0v) is 9.38. The van der Waals surface area contributed by atoms with Crippen LogP contribution < -0.4 is 5.32 Å². The number of hydrogen-bond donors (Lipinski definition) is 1. The Kier molecular flexibility index (Phi) is 4.94. The molecule has 0 atom stereocenters. The molecule has 82 valence electrons. The molecule has 0 aromatic carbocycles. The molecule has 1 N–H and O–H groups in total. The lowest BCUT2D eigenvalue weighted by atomic mass is 10.0. The van der Waals surface area contributed by atoms with E-state index in [0.29, 0.717) is 18.4 Å². The van der Waals surface area contributed by atoms with E-state index in [2.05, 4.69) is 24.1 Å². The molecule has 0 aliphatic carbocycles. The Morgan fingerprint density at radius 3 is 2.50 bits per heavy atom. The third kappa shape index (κ3) is 2.98. The van der Waals surface area contributed by atoms with Crippen LogP contribution >= 0.6 is 0 Å². The maximum Gasteiger partial charge on any atom is 0.222 e. The zero-order valence-electron chi connectivity index (χ0n) is 9.38. The van der Waals surface area contributed by atoms with Crippen molar-refractivity contribution >= 4 is 5.91 Å². The molecular weight excluding hydrogens is 176 g/mol. The van der Waals surface area contributed by atoms with Gasteiger partial charge in [0.05, 0.1) is 0 Å². The van der Waals surface area contributed by atoms with Crippen LogP contribution in [0.15, 0.2) is 0 Å². The lowest BCUT2D eigenvalue weighted by Crippen LogP contribution is -2.45. The number of carbonyl (C=O) groups is 1. The maximum absolute atomic E-state index is 11.8. The van der Waals surface area contributed by atoms with E-state index in [1.54, 1.807) is 0 Å². The van der Waals surface area contributed by atoms with Crippen molar-refractivity contribution in [1.29, 1.82) is 0 Å². The van der Waals surface area contributed by atoms with Gasteiger partial charge in [-0.15, -0.1) is 0 Å². The summed E-state index contributed by atoms with van der Waals surface area (Å²) in [6.07, 6.45) is 3.89. The van der Waals surface area contributed by atoms with Crippen molar-refractivity contribution in [3.63, 3.8) is 0 Å². The van der Waals surface area contributed by atoms with Crippen molar-refractivity contribution in [3.8, 4) is 0 Å². The van der Waals surface area contributed by atoms with Crippen LogP contribution in [0.25, 0.3) is 0 Å². The van der Waals surface area contributed by atoms with Gasteiger partial charge in [-0.05, 0) is 39.3 Å². The maximum atomic E-state index is 11.8. The topological polar surface area (TPSA) is 32.3 Å². The molecule has 1 aliphatic heterocycles. The van der Waals surface area contributed by atoms with E-state index in [4.69, 9.17) is 0 Å². The molecule has 0 aromatic heterocycles. The molecule has 1 rings (SSSR count). The molecule has 0 bridgehead atoms. The van der Waals surface area contributed by atoms with E-state index in [1.165, 1.54) is 0 Å². The summed E-state index contributed by atoms with van der Waals surface area (Å²) >= 11 is 0. The lowest BCUT2D eigenvalue weighted by Gasteiger charge is -2.34. The summed E-state index contributed by atoms with van der Waals surface area (Å²) in [6.45, 7) is 7.12. The predicted molar refractivity (Wildman–Crippen MR) is 58.2 cm³/mol. The van der Waals surface area contributed by atoms with Gasteiger partial charge in [0.25, 0.3) is 0 Å². The lowest BCUT2D eigenvalue weighted by molar-refractivity contribution is -0.133. The van der Waals surface area contributed by atoms with Crippen LogP contribution in [-0.2, 0) is 4.79 Å². The average Bonchev–Trinajstić information content (AvgIpc) is 2.21. The number of rotatable bonds is 4. The fourth-order valence-electron chi connectivity index (χ4n) is 2.11. The molecule has 0 aromatic rings. The van der Waals surface area contributed by atoms with Gasteiger partial charge in [-0.1, -0.05) is 6.92 Å². The highest BCUT2D eigenvalue weighted by atomic mass is 16.2. The Hall–Kier alpha value is -0.570. The van der Waals surface area contributed by atoms with E-state index in [-0.39, 0.29) is 0 Å². The summed E-state index contributed by atoms with van der Waals surface area (Å²) in [4.78, 5) is 13.8. The molecule has 0 saturated carbocycles. The minimum atomic E-state index is 0.335. The minimum absolute atomic E-state index is 0.335. The van der Waals surface area contributed by atoms with E-state index >= 15 is 0 Å². The fourth-order valence-corrected chi connectivity index (χ4v) is 2.11. The summed E-state index contributed by atoms with van der Waals surface area (Å²) in [6, 6.07) is 0.486. The molecule has 1 amide bonds. The highest BCUT2D eigenvalue weighted by Crippen LogP contribution is 2.13. The molecule has 0 radical (unpaired) electrons. The highest BCUT2D eigenvalue weighted by molar-refractivity contribution is 5.76. The number of hydrogen-bond acceptors (Lipinski definition) is 2. The monoisotopic (exact) mass is 198 g/mol. The van der Waals surface area contributed by atoms with Gasteiger partial charge < -0.3 is 10.2 Å². The molecule has 1 fully saturated rings. The van der Waals surface area contributed by atoms with Crippen molar-refractivity contribution in [2.24, 2.45) is 0 Å². The number of nitrogens with zero attached hydrogens (tertiary/aromatic N) is 1. The van der Waals surface area contributed by atoms with Crippen molar-refractivity contribution < 1.29 is 4.79 Å². The minimum Gasteiger partial charge on any atom is -0.340 e. The van der Waals surface area contributed by atoms with E-state index in [1.807, 2.05) is 0 Å². The Balaban J connectivity index is 2.46. The van der Waals surface area contributed by atoms with Gasteiger partial charge in [0.1, 0.15) is 0 Å². The number of nitrogens with one attached hydrogen (secondary N) is 1. The Morgan fingerprint density at radius 2 is 2.00 bits per heavy atom. The standard InChI is InChI=1S/C11H22N2O/c1-3-5-11(14)13(4-2)10-6-8-12-9-7-10/h10,12H,3-9H2,1-2H3. The van der Waals surface area contributed by atoms with Gasteiger partial charge in [-0.2, -0.15) is 0 Å². The molecule has 14 heavy (non-hydrogen) atoms. The summed E-state index contributed by atoms with van der Waals surface area (Å²) in [5, 5.41) is 3.33. The number of amides is 1. The second-order valence-electron chi connectivity index (χ2n) is 3.91. The molecule has 1 heterocycles. The first-order valence-corrected chi connectivity index (χ1v) is 5.79. The molecule has 3 nitrogen and oxygen atoms in total. The van der Waals surface area contributed by atoms with Crippen LogP contribution in [0.1, 0.15) is 39.5 Å².